The Bertz CT molecular complexity index is 1570. The van der Waals surface area contributed by atoms with Crippen LogP contribution in [0.2, 0.25) is 0 Å². The molecule has 28 heteroatoms. The maximum atomic E-state index is 13.6. The molecule has 0 aromatic carbocycles. The number of hydrogen-bond donors (Lipinski definition) is 16. The first-order valence-corrected chi connectivity index (χ1v) is 26.4. The Morgan fingerprint density at radius 2 is 0.889 bits per heavy atom. The van der Waals surface area contributed by atoms with E-state index in [0.29, 0.717) is 6.42 Å². The lowest BCUT2D eigenvalue weighted by Crippen LogP contribution is -2.69. The lowest BCUT2D eigenvalue weighted by atomic mass is 9.84. The largest absolute Gasteiger partial charge is 0.472 e. The number of phosphoric acid groups is 1. The summed E-state index contributed by atoms with van der Waals surface area (Å²) < 4.78 is 61.9. The van der Waals surface area contributed by atoms with E-state index in [2.05, 4.69) is 6.92 Å². The summed E-state index contributed by atoms with van der Waals surface area (Å²) in [6.45, 7) is -2.19. The summed E-state index contributed by atoms with van der Waals surface area (Å²) in [5.74, 6) is -0.652. The molecule has 23 atom stereocenters. The minimum absolute atomic E-state index is 0.0457. The SMILES string of the molecule is CCCCCCCCCCCCCCCCC(=O)OC[C@@H](O)COP(=O)(O)O[C@@H]1C(O[C@@H]2OC(CO[C@@H]3OC(CO)[C@H](O)C(O)[C@@H]3O)[C@H](O)C(O)[C@@H]2O)C(O)[C@@H](O)C(O)[C@H]1O[C@H]1OC(CO)[C@@H](O)C(O)[C@H]1O. The monoisotopic (exact) mass is 1070 g/mol. The lowest BCUT2D eigenvalue weighted by molar-refractivity contribution is -0.364. The Labute approximate surface area is 417 Å². The van der Waals surface area contributed by atoms with Crippen LogP contribution in [-0.2, 0) is 51.6 Å². The number of carbonyl (C=O) groups is 1. The van der Waals surface area contributed by atoms with Crippen molar-refractivity contribution in [1.82, 2.24) is 0 Å². The number of unbranched alkanes of at least 4 members (excludes halogenated alkanes) is 13. The molecule has 3 heterocycles. The highest BCUT2D eigenvalue weighted by molar-refractivity contribution is 7.47. The molecule has 0 bridgehead atoms. The van der Waals surface area contributed by atoms with Crippen LogP contribution in [0.1, 0.15) is 103 Å². The van der Waals surface area contributed by atoms with Crippen molar-refractivity contribution in [2.45, 2.75) is 238 Å². The van der Waals surface area contributed by atoms with Gasteiger partial charge in [0.1, 0.15) is 123 Å². The molecule has 0 amide bonds. The zero-order valence-corrected chi connectivity index (χ0v) is 41.3. The number of carbonyl (C=O) groups excluding carboxylic acids is 1. The van der Waals surface area contributed by atoms with Gasteiger partial charge in [0.25, 0.3) is 0 Å². The van der Waals surface area contributed by atoms with Gasteiger partial charge < -0.3 is 115 Å². The first kappa shape index (κ1) is 63.3. The number of rotatable bonds is 31. The highest BCUT2D eigenvalue weighted by atomic mass is 31.2. The molecule has 0 radical (unpaired) electrons. The Balaban J connectivity index is 1.40. The van der Waals surface area contributed by atoms with Crippen molar-refractivity contribution >= 4 is 13.8 Å². The molecule has 0 spiro atoms. The van der Waals surface area contributed by atoms with Gasteiger partial charge in [-0.2, -0.15) is 0 Å². The van der Waals surface area contributed by atoms with Crippen LogP contribution in [0.5, 0.6) is 0 Å². The third-order valence-corrected chi connectivity index (χ3v) is 14.2. The van der Waals surface area contributed by atoms with Crippen LogP contribution in [0.4, 0.5) is 0 Å². The molecule has 4 fully saturated rings. The molecule has 16 N–H and O–H groups in total. The molecule has 3 saturated heterocycles. The molecule has 1 aliphatic carbocycles. The summed E-state index contributed by atoms with van der Waals surface area (Å²) in [4.78, 5) is 23.3. The Morgan fingerprint density at radius 3 is 1.35 bits per heavy atom. The van der Waals surface area contributed by atoms with Crippen LogP contribution in [0.3, 0.4) is 0 Å². The van der Waals surface area contributed by atoms with Crippen molar-refractivity contribution in [3.05, 3.63) is 0 Å². The molecule has 0 aromatic heterocycles. The average molecular weight is 1070 g/mol. The first-order chi connectivity index (χ1) is 34.2. The second-order valence-electron chi connectivity index (χ2n) is 18.9. The van der Waals surface area contributed by atoms with Gasteiger partial charge in [-0.3, -0.25) is 13.8 Å². The van der Waals surface area contributed by atoms with Gasteiger partial charge in [-0.1, -0.05) is 90.4 Å². The van der Waals surface area contributed by atoms with Crippen LogP contribution in [0, 0.1) is 0 Å². The van der Waals surface area contributed by atoms with Crippen LogP contribution in [0.25, 0.3) is 0 Å². The predicted octanol–water partition coefficient (Wildman–Crippen LogP) is -4.45. The molecule has 3 aliphatic heterocycles. The minimum atomic E-state index is -5.62. The van der Waals surface area contributed by atoms with E-state index >= 15 is 0 Å². The number of aliphatic hydroxyl groups is 15. The molecule has 10 unspecified atom stereocenters. The molecule has 72 heavy (non-hydrogen) atoms. The van der Waals surface area contributed by atoms with E-state index < -0.39 is 182 Å². The average Bonchev–Trinajstić information content (AvgIpc) is 3.36. The standard InChI is InChI=1S/C44H81O27P/c1-2-3-4-5-6-7-8-9-10-11-12-13-14-15-16-26(48)63-19-22(47)20-65-72(61,62)71-41-39(69-43-37(59)31(53)28(50)24(18-46)67-43)34(56)33(55)35(57)40(41)70-44-38(60)32(54)29(51)25(68-44)21-64-42-36(58)30(52)27(49)23(17-45)66-42/h22-25,27-47,49-60H,2-21H2,1H3,(H,61,62)/t22-,23?,24?,25?,27+,28-,29+,30?,31?,32?,33+,34?,35?,36+,37-,38+,39-,40?,41+,42-,43-,44+/m1/s1. The minimum Gasteiger partial charge on any atom is -0.463 e. The molecule has 4 rings (SSSR count). The van der Waals surface area contributed by atoms with Gasteiger partial charge >= 0.3 is 13.8 Å². The molecule has 424 valence electrons. The summed E-state index contributed by atoms with van der Waals surface area (Å²) in [7, 11) is -5.62. The fourth-order valence-electron chi connectivity index (χ4n) is 8.79. The van der Waals surface area contributed by atoms with Gasteiger partial charge in [0, 0.05) is 6.42 Å². The van der Waals surface area contributed by atoms with Crippen molar-refractivity contribution in [3.8, 4) is 0 Å². The highest BCUT2D eigenvalue weighted by Gasteiger charge is 2.58. The fourth-order valence-corrected chi connectivity index (χ4v) is 9.76. The van der Waals surface area contributed by atoms with Gasteiger partial charge in [0.2, 0.25) is 0 Å². The molecule has 4 aliphatic rings. The maximum Gasteiger partial charge on any atom is 0.472 e. The van der Waals surface area contributed by atoms with Gasteiger partial charge in [-0.05, 0) is 6.42 Å². The van der Waals surface area contributed by atoms with Crippen molar-refractivity contribution in [3.63, 3.8) is 0 Å². The first-order valence-electron chi connectivity index (χ1n) is 24.9. The van der Waals surface area contributed by atoms with Crippen molar-refractivity contribution in [2.24, 2.45) is 0 Å². The van der Waals surface area contributed by atoms with E-state index in [1.54, 1.807) is 0 Å². The number of hydrogen-bond acceptors (Lipinski definition) is 26. The van der Waals surface area contributed by atoms with Crippen LogP contribution < -0.4 is 0 Å². The van der Waals surface area contributed by atoms with E-state index in [1.807, 2.05) is 0 Å². The number of esters is 1. The summed E-state index contributed by atoms with van der Waals surface area (Å²) in [6.07, 6.45) is -29.4. The van der Waals surface area contributed by atoms with Crippen molar-refractivity contribution < 1.29 is 133 Å². The van der Waals surface area contributed by atoms with E-state index in [9.17, 15) is 90.9 Å². The Hall–Kier alpha value is -1.26. The van der Waals surface area contributed by atoms with E-state index in [0.717, 1.165) is 32.1 Å². The van der Waals surface area contributed by atoms with Crippen LogP contribution in [-0.4, -0.2) is 255 Å². The maximum absolute atomic E-state index is 13.6. The second-order valence-corrected chi connectivity index (χ2v) is 20.3. The summed E-state index contributed by atoms with van der Waals surface area (Å²) in [5.41, 5.74) is 0. The normalized spacial score (nSPS) is 39.9. The zero-order chi connectivity index (χ0) is 53.3. The highest BCUT2D eigenvalue weighted by Crippen LogP contribution is 2.48. The lowest BCUT2D eigenvalue weighted by Gasteiger charge is -2.49. The predicted molar refractivity (Wildman–Crippen MR) is 240 cm³/mol. The fraction of sp³-hybridized carbons (Fsp3) is 0.977. The zero-order valence-electron chi connectivity index (χ0n) is 40.4. The topological polar surface area (TPSA) is 441 Å². The summed E-state index contributed by atoms with van der Waals surface area (Å²) in [6, 6.07) is 0. The van der Waals surface area contributed by atoms with Crippen LogP contribution >= 0.6 is 7.82 Å². The number of ether oxygens (including phenoxy) is 7. The quantitative estimate of drug-likeness (QED) is 0.0177. The van der Waals surface area contributed by atoms with Crippen molar-refractivity contribution in [2.75, 3.05) is 33.0 Å². The summed E-state index contributed by atoms with van der Waals surface area (Å²) >= 11 is 0. The third-order valence-electron chi connectivity index (χ3n) is 13.2. The summed E-state index contributed by atoms with van der Waals surface area (Å²) in [5, 5.41) is 158. The van der Waals surface area contributed by atoms with Gasteiger partial charge in [0.15, 0.2) is 18.9 Å². The van der Waals surface area contributed by atoms with E-state index in [1.165, 1.54) is 51.4 Å². The molecule has 1 saturated carbocycles. The smallest absolute Gasteiger partial charge is 0.463 e. The van der Waals surface area contributed by atoms with Gasteiger partial charge in [-0.25, -0.2) is 4.57 Å². The Kier molecular flexibility index (Phi) is 27.4. The Morgan fingerprint density at radius 1 is 0.500 bits per heavy atom. The molecule has 27 nitrogen and oxygen atoms in total. The number of phosphoric ester groups is 1. The van der Waals surface area contributed by atoms with E-state index in [4.69, 9.17) is 42.2 Å². The second kappa shape index (κ2) is 31.2. The molecule has 0 aromatic rings. The van der Waals surface area contributed by atoms with Crippen molar-refractivity contribution in [1.29, 1.82) is 0 Å². The van der Waals surface area contributed by atoms with Crippen LogP contribution in [0.15, 0.2) is 0 Å². The molecular formula is C44H81O27P. The number of aliphatic hydroxyl groups excluding tert-OH is 15. The van der Waals surface area contributed by atoms with Gasteiger partial charge in [0.05, 0.1) is 26.4 Å². The third kappa shape index (κ3) is 18.2. The van der Waals surface area contributed by atoms with E-state index in [-0.39, 0.29) is 6.42 Å². The van der Waals surface area contributed by atoms with Gasteiger partial charge in [-0.15, -0.1) is 0 Å². The molecular weight excluding hydrogens is 991 g/mol.